The molecule has 0 aliphatic rings. The lowest BCUT2D eigenvalue weighted by atomic mass is 10.1. The SMILES string of the molecule is CNc1nccc(OC(C)c2ccccc2)n1. The predicted octanol–water partition coefficient (Wildman–Crippen LogP) is 2.66. The molecule has 17 heavy (non-hydrogen) atoms. The Kier molecular flexibility index (Phi) is 3.55. The van der Waals surface area contributed by atoms with Crippen molar-refractivity contribution in [1.82, 2.24) is 9.97 Å². The molecule has 2 aromatic rings. The molecule has 0 saturated carbocycles. The van der Waals surface area contributed by atoms with Crippen LogP contribution in [-0.4, -0.2) is 17.0 Å². The number of nitrogens with zero attached hydrogens (tertiary/aromatic N) is 2. The second-order valence-electron chi connectivity index (χ2n) is 3.64. The third kappa shape index (κ3) is 2.93. The van der Waals surface area contributed by atoms with E-state index in [0.29, 0.717) is 11.8 Å². The van der Waals surface area contributed by atoms with Gasteiger partial charge < -0.3 is 10.1 Å². The van der Waals surface area contributed by atoms with Gasteiger partial charge in [-0.05, 0) is 12.5 Å². The maximum Gasteiger partial charge on any atom is 0.225 e. The van der Waals surface area contributed by atoms with Gasteiger partial charge in [0.05, 0.1) is 0 Å². The Balaban J connectivity index is 2.10. The van der Waals surface area contributed by atoms with Gasteiger partial charge in [0, 0.05) is 19.3 Å². The van der Waals surface area contributed by atoms with Crippen LogP contribution in [0.5, 0.6) is 5.88 Å². The third-order valence-electron chi connectivity index (χ3n) is 2.42. The fourth-order valence-corrected chi connectivity index (χ4v) is 1.50. The van der Waals surface area contributed by atoms with Gasteiger partial charge >= 0.3 is 0 Å². The fourth-order valence-electron chi connectivity index (χ4n) is 1.50. The number of nitrogens with one attached hydrogen (secondary N) is 1. The van der Waals surface area contributed by atoms with Crippen LogP contribution in [0.2, 0.25) is 0 Å². The number of benzene rings is 1. The molecule has 0 aliphatic heterocycles. The third-order valence-corrected chi connectivity index (χ3v) is 2.42. The standard InChI is InChI=1S/C13H15N3O/c1-10(11-6-4-3-5-7-11)17-12-8-9-15-13(14-2)16-12/h3-10H,1-2H3,(H,14,15,16). The first-order valence-corrected chi connectivity index (χ1v) is 5.52. The van der Waals surface area contributed by atoms with Crippen LogP contribution in [0.25, 0.3) is 0 Å². The van der Waals surface area contributed by atoms with Crippen LogP contribution in [0.1, 0.15) is 18.6 Å². The fraction of sp³-hybridized carbons (Fsp3) is 0.231. The van der Waals surface area contributed by atoms with Crippen molar-refractivity contribution in [3.8, 4) is 5.88 Å². The summed E-state index contributed by atoms with van der Waals surface area (Å²) in [6.07, 6.45) is 1.64. The molecule has 4 heteroatoms. The molecule has 0 saturated heterocycles. The molecule has 4 nitrogen and oxygen atoms in total. The van der Waals surface area contributed by atoms with Gasteiger partial charge in [-0.15, -0.1) is 0 Å². The summed E-state index contributed by atoms with van der Waals surface area (Å²) in [4.78, 5) is 8.25. The monoisotopic (exact) mass is 229 g/mol. The van der Waals surface area contributed by atoms with Crippen molar-refractivity contribution in [2.45, 2.75) is 13.0 Å². The number of ether oxygens (including phenoxy) is 1. The van der Waals surface area contributed by atoms with E-state index in [-0.39, 0.29) is 6.10 Å². The van der Waals surface area contributed by atoms with E-state index in [1.165, 1.54) is 0 Å². The Bertz CT molecular complexity index is 473. The second-order valence-corrected chi connectivity index (χ2v) is 3.64. The number of hydrogen-bond donors (Lipinski definition) is 1. The number of hydrogen-bond acceptors (Lipinski definition) is 4. The van der Waals surface area contributed by atoms with E-state index in [4.69, 9.17) is 4.74 Å². The zero-order valence-corrected chi connectivity index (χ0v) is 9.92. The van der Waals surface area contributed by atoms with Gasteiger partial charge in [-0.1, -0.05) is 30.3 Å². The number of rotatable bonds is 4. The highest BCUT2D eigenvalue weighted by Gasteiger charge is 2.07. The van der Waals surface area contributed by atoms with Crippen LogP contribution < -0.4 is 10.1 Å². The molecule has 0 aliphatic carbocycles. The average molecular weight is 229 g/mol. The van der Waals surface area contributed by atoms with Crippen LogP contribution in [-0.2, 0) is 0 Å². The molecule has 88 valence electrons. The summed E-state index contributed by atoms with van der Waals surface area (Å²) in [5.41, 5.74) is 1.12. The Hall–Kier alpha value is -2.10. The van der Waals surface area contributed by atoms with Crippen LogP contribution in [0.4, 0.5) is 5.95 Å². The molecular formula is C13H15N3O. The minimum Gasteiger partial charge on any atom is -0.470 e. The number of anilines is 1. The molecule has 0 bridgehead atoms. The van der Waals surface area contributed by atoms with Gasteiger partial charge in [-0.25, -0.2) is 4.98 Å². The zero-order chi connectivity index (χ0) is 12.1. The van der Waals surface area contributed by atoms with E-state index in [2.05, 4.69) is 15.3 Å². The van der Waals surface area contributed by atoms with Crippen molar-refractivity contribution in [3.63, 3.8) is 0 Å². The second kappa shape index (κ2) is 5.30. The minimum absolute atomic E-state index is 0.0317. The Labute approximate surface area is 101 Å². The molecular weight excluding hydrogens is 214 g/mol. The quantitative estimate of drug-likeness (QED) is 0.875. The molecule has 0 spiro atoms. The van der Waals surface area contributed by atoms with E-state index >= 15 is 0 Å². The first-order chi connectivity index (χ1) is 8.29. The van der Waals surface area contributed by atoms with Crippen LogP contribution in [0.3, 0.4) is 0 Å². The molecule has 0 radical (unpaired) electrons. The molecule has 2 rings (SSSR count). The lowest BCUT2D eigenvalue weighted by Gasteiger charge is -2.14. The normalized spacial score (nSPS) is 11.9. The summed E-state index contributed by atoms with van der Waals surface area (Å²) < 4.78 is 5.75. The van der Waals surface area contributed by atoms with Gasteiger partial charge in [-0.2, -0.15) is 4.98 Å². The van der Waals surface area contributed by atoms with E-state index in [9.17, 15) is 0 Å². The largest absolute Gasteiger partial charge is 0.470 e. The molecule has 0 amide bonds. The van der Waals surface area contributed by atoms with E-state index in [1.54, 1.807) is 19.3 Å². The summed E-state index contributed by atoms with van der Waals surface area (Å²) >= 11 is 0. The van der Waals surface area contributed by atoms with Crippen LogP contribution in [0, 0.1) is 0 Å². The highest BCUT2D eigenvalue weighted by atomic mass is 16.5. The predicted molar refractivity (Wildman–Crippen MR) is 67.1 cm³/mol. The maximum atomic E-state index is 5.75. The summed E-state index contributed by atoms with van der Waals surface area (Å²) in [7, 11) is 1.78. The highest BCUT2D eigenvalue weighted by molar-refractivity contribution is 5.27. The Morgan fingerprint density at radius 1 is 1.18 bits per heavy atom. The van der Waals surface area contributed by atoms with Gasteiger partial charge in [0.25, 0.3) is 0 Å². The summed E-state index contributed by atoms with van der Waals surface area (Å²) in [6.45, 7) is 2.00. The first-order valence-electron chi connectivity index (χ1n) is 5.52. The van der Waals surface area contributed by atoms with Crippen molar-refractivity contribution in [3.05, 3.63) is 48.2 Å². The Morgan fingerprint density at radius 2 is 1.94 bits per heavy atom. The minimum atomic E-state index is -0.0317. The van der Waals surface area contributed by atoms with Gasteiger partial charge in [0.15, 0.2) is 0 Å². The molecule has 1 aromatic heterocycles. The molecule has 1 unspecified atom stereocenters. The van der Waals surface area contributed by atoms with Crippen LogP contribution in [0.15, 0.2) is 42.6 Å². The van der Waals surface area contributed by atoms with Crippen molar-refractivity contribution in [1.29, 1.82) is 0 Å². The average Bonchev–Trinajstić information content (AvgIpc) is 2.40. The van der Waals surface area contributed by atoms with Crippen molar-refractivity contribution >= 4 is 5.95 Å². The number of aromatic nitrogens is 2. The van der Waals surface area contributed by atoms with Gasteiger partial charge in [0.1, 0.15) is 6.10 Å². The van der Waals surface area contributed by atoms with Crippen molar-refractivity contribution in [2.24, 2.45) is 0 Å². The topological polar surface area (TPSA) is 47.0 Å². The highest BCUT2D eigenvalue weighted by Crippen LogP contribution is 2.19. The maximum absolute atomic E-state index is 5.75. The Morgan fingerprint density at radius 3 is 2.65 bits per heavy atom. The molecule has 1 N–H and O–H groups in total. The molecule has 1 heterocycles. The lowest BCUT2D eigenvalue weighted by Crippen LogP contribution is -2.05. The van der Waals surface area contributed by atoms with Gasteiger partial charge in [-0.3, -0.25) is 0 Å². The lowest BCUT2D eigenvalue weighted by molar-refractivity contribution is 0.217. The van der Waals surface area contributed by atoms with E-state index in [0.717, 1.165) is 5.56 Å². The molecule has 1 atom stereocenters. The van der Waals surface area contributed by atoms with Gasteiger partial charge in [0.2, 0.25) is 11.8 Å². The molecule has 0 fully saturated rings. The summed E-state index contributed by atoms with van der Waals surface area (Å²) in [6, 6.07) is 11.8. The first kappa shape index (κ1) is 11.4. The zero-order valence-electron chi connectivity index (χ0n) is 9.92. The van der Waals surface area contributed by atoms with E-state index in [1.807, 2.05) is 37.3 Å². The van der Waals surface area contributed by atoms with Crippen LogP contribution >= 0.6 is 0 Å². The van der Waals surface area contributed by atoms with E-state index < -0.39 is 0 Å². The molecule has 1 aromatic carbocycles. The summed E-state index contributed by atoms with van der Waals surface area (Å²) in [5.74, 6) is 1.13. The summed E-state index contributed by atoms with van der Waals surface area (Å²) in [5, 5.41) is 2.88. The van der Waals surface area contributed by atoms with Crippen molar-refractivity contribution < 1.29 is 4.74 Å². The van der Waals surface area contributed by atoms with Crippen molar-refractivity contribution in [2.75, 3.05) is 12.4 Å². The smallest absolute Gasteiger partial charge is 0.225 e.